The lowest BCUT2D eigenvalue weighted by Gasteiger charge is -2.36. The third-order valence-corrected chi connectivity index (χ3v) is 6.06. The van der Waals surface area contributed by atoms with Crippen LogP contribution in [-0.2, 0) is 4.79 Å². The van der Waals surface area contributed by atoms with E-state index < -0.39 is 0 Å². The Hall–Kier alpha value is -0.570. The number of hydrogen-bond acceptors (Lipinski definition) is 3. The zero-order valence-electron chi connectivity index (χ0n) is 16.2. The average Bonchev–Trinajstić information content (AvgIpc) is 3.16. The largest absolute Gasteiger partial charge is 0.370 e. The van der Waals surface area contributed by atoms with Crippen LogP contribution in [0.1, 0.15) is 45.4 Å². The van der Waals surface area contributed by atoms with E-state index in [9.17, 15) is 4.79 Å². The maximum absolute atomic E-state index is 12.5. The van der Waals surface area contributed by atoms with Gasteiger partial charge in [0.25, 0.3) is 0 Å². The number of carbonyl (C=O) groups excluding carboxylic acids is 1. The zero-order valence-corrected chi connectivity index (χ0v) is 18.6. The molecule has 0 spiro atoms. The molecular formula is C19H36IN5O. The first kappa shape index (κ1) is 21.7. The third kappa shape index (κ3) is 5.97. The summed E-state index contributed by atoms with van der Waals surface area (Å²) in [4.78, 5) is 23.8. The minimum absolute atomic E-state index is 0. The third-order valence-electron chi connectivity index (χ3n) is 6.06. The van der Waals surface area contributed by atoms with Crippen molar-refractivity contribution in [3.8, 4) is 0 Å². The smallest absolute Gasteiger partial charge is 0.225 e. The molecule has 150 valence electrons. The van der Waals surface area contributed by atoms with Gasteiger partial charge in [-0.1, -0.05) is 19.8 Å². The molecule has 1 atom stereocenters. The highest BCUT2D eigenvalue weighted by molar-refractivity contribution is 14.0. The highest BCUT2D eigenvalue weighted by atomic mass is 127. The van der Waals surface area contributed by atoms with Crippen LogP contribution in [0.4, 0.5) is 0 Å². The van der Waals surface area contributed by atoms with Crippen molar-refractivity contribution in [2.45, 2.75) is 45.4 Å². The summed E-state index contributed by atoms with van der Waals surface area (Å²) in [6.45, 7) is 9.74. The number of likely N-dealkylation sites (tertiary alicyclic amines) is 1. The molecule has 1 aliphatic carbocycles. The van der Waals surface area contributed by atoms with Gasteiger partial charge in [0, 0.05) is 51.7 Å². The molecule has 0 radical (unpaired) electrons. The Morgan fingerprint density at radius 1 is 1.00 bits per heavy atom. The Morgan fingerprint density at radius 2 is 1.69 bits per heavy atom. The number of carbonyl (C=O) groups is 1. The van der Waals surface area contributed by atoms with E-state index in [4.69, 9.17) is 5.73 Å². The van der Waals surface area contributed by atoms with Gasteiger partial charge < -0.3 is 15.5 Å². The molecule has 0 aromatic heterocycles. The summed E-state index contributed by atoms with van der Waals surface area (Å²) < 4.78 is 0. The number of hydrogen-bond donors (Lipinski definition) is 1. The number of nitrogens with two attached hydrogens (primary N) is 1. The van der Waals surface area contributed by atoms with Crippen LogP contribution in [0.25, 0.3) is 0 Å². The number of halogens is 1. The molecule has 0 bridgehead atoms. The van der Waals surface area contributed by atoms with Crippen LogP contribution in [0, 0.1) is 11.8 Å². The number of guanidine groups is 1. The average molecular weight is 477 g/mol. The fourth-order valence-corrected chi connectivity index (χ4v) is 4.43. The predicted molar refractivity (Wildman–Crippen MR) is 117 cm³/mol. The molecule has 3 rings (SSSR count). The van der Waals surface area contributed by atoms with Gasteiger partial charge in [0.15, 0.2) is 5.96 Å². The van der Waals surface area contributed by atoms with Gasteiger partial charge in [0.2, 0.25) is 5.91 Å². The minimum Gasteiger partial charge on any atom is -0.370 e. The molecule has 2 aliphatic heterocycles. The van der Waals surface area contributed by atoms with Gasteiger partial charge in [0.05, 0.1) is 6.54 Å². The van der Waals surface area contributed by atoms with Gasteiger partial charge in [-0.2, -0.15) is 0 Å². The molecule has 2 saturated heterocycles. The van der Waals surface area contributed by atoms with Crippen LogP contribution in [-0.4, -0.2) is 78.9 Å². The van der Waals surface area contributed by atoms with Crippen molar-refractivity contribution in [2.75, 3.05) is 52.4 Å². The summed E-state index contributed by atoms with van der Waals surface area (Å²) in [6.07, 6.45) is 7.17. The van der Waals surface area contributed by atoms with Crippen LogP contribution in [0.15, 0.2) is 4.99 Å². The van der Waals surface area contributed by atoms with Gasteiger partial charge in [-0.25, -0.2) is 0 Å². The topological polar surface area (TPSA) is 65.2 Å². The van der Waals surface area contributed by atoms with E-state index in [1.807, 2.05) is 0 Å². The Balaban J connectivity index is 0.00000243. The number of rotatable bonds is 4. The van der Waals surface area contributed by atoms with Crippen LogP contribution in [0.3, 0.4) is 0 Å². The lowest BCUT2D eigenvalue weighted by molar-refractivity contribution is -0.137. The normalized spacial score (nSPS) is 26.0. The summed E-state index contributed by atoms with van der Waals surface area (Å²) in [7, 11) is 0. The van der Waals surface area contributed by atoms with E-state index in [0.29, 0.717) is 23.7 Å². The fourth-order valence-electron chi connectivity index (χ4n) is 4.43. The second-order valence-corrected chi connectivity index (χ2v) is 8.08. The molecule has 1 unspecified atom stereocenters. The zero-order chi connectivity index (χ0) is 17.6. The van der Waals surface area contributed by atoms with Gasteiger partial charge in [-0.3, -0.25) is 14.7 Å². The first-order chi connectivity index (χ1) is 12.1. The molecule has 1 saturated carbocycles. The first-order valence-corrected chi connectivity index (χ1v) is 10.2. The monoisotopic (exact) mass is 477 g/mol. The van der Waals surface area contributed by atoms with Crippen LogP contribution < -0.4 is 5.73 Å². The van der Waals surface area contributed by atoms with E-state index in [1.165, 1.54) is 25.7 Å². The van der Waals surface area contributed by atoms with Crippen LogP contribution in [0.5, 0.6) is 0 Å². The standard InChI is InChI=1S/C19H35N5O.HI/c1-16-5-4-9-24(15-16)19(20)21-8-10-22-11-13-23(14-12-22)18(25)17-6-2-3-7-17;/h16-17H,2-15H2,1H3,(H2,20,21);1H. The molecule has 3 fully saturated rings. The molecule has 0 aromatic rings. The Morgan fingerprint density at radius 3 is 2.35 bits per heavy atom. The Kier molecular flexibility index (Phi) is 8.93. The van der Waals surface area contributed by atoms with Crippen molar-refractivity contribution in [3.05, 3.63) is 0 Å². The Labute approximate surface area is 175 Å². The van der Waals surface area contributed by atoms with Crippen LogP contribution >= 0.6 is 24.0 Å². The molecule has 2 N–H and O–H groups in total. The summed E-state index contributed by atoms with van der Waals surface area (Å²) in [5.41, 5.74) is 6.16. The van der Waals surface area contributed by atoms with Gasteiger partial charge in [-0.05, 0) is 31.6 Å². The second-order valence-electron chi connectivity index (χ2n) is 8.08. The van der Waals surface area contributed by atoms with E-state index in [-0.39, 0.29) is 24.0 Å². The SMILES string of the molecule is CC1CCCN(C(N)=NCCN2CCN(C(=O)C3CCCC3)CC2)C1.I. The number of piperidine rings is 1. The van der Waals surface area contributed by atoms with Crippen molar-refractivity contribution in [1.82, 2.24) is 14.7 Å². The van der Waals surface area contributed by atoms with Crippen molar-refractivity contribution in [1.29, 1.82) is 0 Å². The first-order valence-electron chi connectivity index (χ1n) is 10.2. The van der Waals surface area contributed by atoms with Gasteiger partial charge in [-0.15, -0.1) is 24.0 Å². The molecule has 7 heteroatoms. The number of amides is 1. The van der Waals surface area contributed by atoms with E-state index >= 15 is 0 Å². The molecule has 0 aromatic carbocycles. The number of aliphatic imine (C=N–C) groups is 1. The summed E-state index contributed by atoms with van der Waals surface area (Å²) in [5.74, 6) is 2.14. The van der Waals surface area contributed by atoms with Crippen molar-refractivity contribution >= 4 is 35.8 Å². The molecule has 1 amide bonds. The van der Waals surface area contributed by atoms with Crippen molar-refractivity contribution in [2.24, 2.45) is 22.6 Å². The minimum atomic E-state index is 0. The Bertz CT molecular complexity index is 473. The quantitative estimate of drug-likeness (QED) is 0.382. The molecular weight excluding hydrogens is 441 g/mol. The maximum Gasteiger partial charge on any atom is 0.225 e. The molecule has 26 heavy (non-hydrogen) atoms. The summed E-state index contributed by atoms with van der Waals surface area (Å²) in [6, 6.07) is 0. The highest BCUT2D eigenvalue weighted by Crippen LogP contribution is 2.26. The lowest BCUT2D eigenvalue weighted by atomic mass is 10.0. The molecule has 2 heterocycles. The van der Waals surface area contributed by atoms with E-state index in [1.54, 1.807) is 0 Å². The lowest BCUT2D eigenvalue weighted by Crippen LogP contribution is -2.50. The summed E-state index contributed by atoms with van der Waals surface area (Å²) >= 11 is 0. The number of piperazine rings is 1. The van der Waals surface area contributed by atoms with Gasteiger partial charge in [0.1, 0.15) is 0 Å². The van der Waals surface area contributed by atoms with E-state index in [2.05, 4.69) is 26.6 Å². The van der Waals surface area contributed by atoms with E-state index in [0.717, 1.165) is 65.2 Å². The van der Waals surface area contributed by atoms with Crippen LogP contribution in [0.2, 0.25) is 0 Å². The van der Waals surface area contributed by atoms with Crippen molar-refractivity contribution < 1.29 is 4.79 Å². The highest BCUT2D eigenvalue weighted by Gasteiger charge is 2.29. The number of nitrogens with zero attached hydrogens (tertiary/aromatic N) is 4. The fraction of sp³-hybridized carbons (Fsp3) is 0.895. The van der Waals surface area contributed by atoms with Crippen molar-refractivity contribution in [3.63, 3.8) is 0 Å². The summed E-state index contributed by atoms with van der Waals surface area (Å²) in [5, 5.41) is 0. The predicted octanol–water partition coefficient (Wildman–Crippen LogP) is 1.99. The maximum atomic E-state index is 12.5. The van der Waals surface area contributed by atoms with Gasteiger partial charge >= 0.3 is 0 Å². The second kappa shape index (κ2) is 10.7. The molecule has 6 nitrogen and oxygen atoms in total. The molecule has 3 aliphatic rings.